The lowest BCUT2D eigenvalue weighted by atomic mass is 10.1. The molecule has 120 valence electrons. The molecular weight excluding hydrogens is 294 g/mol. The summed E-state index contributed by atoms with van der Waals surface area (Å²) in [5.41, 5.74) is 0. The normalized spacial score (nSPS) is 24.3. The molecule has 1 fully saturated rings. The van der Waals surface area contributed by atoms with Gasteiger partial charge in [-0.05, 0) is 12.8 Å². The van der Waals surface area contributed by atoms with Gasteiger partial charge in [0.15, 0.2) is 0 Å². The fraction of sp³-hybridized carbons (Fsp3) is 1.00. The number of rotatable bonds is 7. The summed E-state index contributed by atoms with van der Waals surface area (Å²) in [6, 6.07) is 0. The number of alkyl halides is 6. The van der Waals surface area contributed by atoms with Gasteiger partial charge in [0.1, 0.15) is 6.61 Å². The highest BCUT2D eigenvalue weighted by molar-refractivity contribution is 4.63. The Morgan fingerprint density at radius 1 is 0.950 bits per heavy atom. The first-order valence-corrected chi connectivity index (χ1v) is 6.18. The van der Waals surface area contributed by atoms with Gasteiger partial charge in [-0.1, -0.05) is 12.8 Å². The van der Waals surface area contributed by atoms with E-state index in [1.54, 1.807) is 0 Å². The average molecular weight is 310 g/mol. The van der Waals surface area contributed by atoms with E-state index in [1.165, 1.54) is 0 Å². The van der Waals surface area contributed by atoms with E-state index in [0.29, 0.717) is 19.3 Å². The van der Waals surface area contributed by atoms with Crippen molar-refractivity contribution in [3.05, 3.63) is 0 Å². The number of unbranched alkanes of at least 4 members (excludes halogenated alkanes) is 2. The van der Waals surface area contributed by atoms with Gasteiger partial charge < -0.3 is 14.2 Å². The molecule has 2 atom stereocenters. The molecule has 3 nitrogen and oxygen atoms in total. The third-order valence-electron chi connectivity index (χ3n) is 2.59. The molecule has 0 radical (unpaired) electrons. The van der Waals surface area contributed by atoms with Crippen molar-refractivity contribution in [1.29, 1.82) is 0 Å². The van der Waals surface area contributed by atoms with Gasteiger partial charge in [-0.3, -0.25) is 0 Å². The van der Waals surface area contributed by atoms with Gasteiger partial charge >= 0.3 is 12.4 Å². The summed E-state index contributed by atoms with van der Waals surface area (Å²) in [4.78, 5) is 0. The van der Waals surface area contributed by atoms with Crippen LogP contribution < -0.4 is 0 Å². The Labute approximate surface area is 112 Å². The van der Waals surface area contributed by atoms with Crippen molar-refractivity contribution in [2.24, 2.45) is 0 Å². The van der Waals surface area contributed by atoms with Crippen LogP contribution in [0.15, 0.2) is 0 Å². The van der Waals surface area contributed by atoms with Gasteiger partial charge in [0, 0.05) is 6.42 Å². The molecule has 0 bridgehead atoms. The summed E-state index contributed by atoms with van der Waals surface area (Å²) in [7, 11) is 0. The molecule has 0 aromatic rings. The molecule has 1 heterocycles. The number of hydrogen-bond donors (Lipinski definition) is 0. The van der Waals surface area contributed by atoms with E-state index < -0.39 is 38.0 Å². The molecule has 20 heavy (non-hydrogen) atoms. The van der Waals surface area contributed by atoms with E-state index in [0.717, 1.165) is 0 Å². The molecule has 1 aliphatic heterocycles. The Morgan fingerprint density at radius 3 is 2.25 bits per heavy atom. The molecule has 0 aliphatic carbocycles. The van der Waals surface area contributed by atoms with Crippen molar-refractivity contribution in [2.75, 3.05) is 13.2 Å². The zero-order valence-electron chi connectivity index (χ0n) is 10.6. The molecule has 2 unspecified atom stereocenters. The van der Waals surface area contributed by atoms with E-state index in [4.69, 9.17) is 9.47 Å². The van der Waals surface area contributed by atoms with Crippen LogP contribution in [0, 0.1) is 0 Å². The summed E-state index contributed by atoms with van der Waals surface area (Å²) >= 11 is 0. The molecule has 0 saturated carbocycles. The molecule has 0 aromatic carbocycles. The highest BCUT2D eigenvalue weighted by Crippen LogP contribution is 2.24. The van der Waals surface area contributed by atoms with Crippen LogP contribution in [0.5, 0.6) is 0 Å². The minimum Gasteiger partial charge on any atom is -0.327 e. The van der Waals surface area contributed by atoms with Gasteiger partial charge in [0.05, 0.1) is 12.7 Å². The molecule has 1 aliphatic rings. The van der Waals surface area contributed by atoms with Crippen LogP contribution in [0.25, 0.3) is 0 Å². The quantitative estimate of drug-likeness (QED) is 0.529. The number of halogens is 6. The van der Waals surface area contributed by atoms with E-state index in [9.17, 15) is 26.3 Å². The largest absolute Gasteiger partial charge is 0.411 e. The summed E-state index contributed by atoms with van der Waals surface area (Å²) in [5.74, 6) is 0. The van der Waals surface area contributed by atoms with E-state index in [1.807, 2.05) is 0 Å². The lowest BCUT2D eigenvalue weighted by Gasteiger charge is -2.13. The predicted octanol–water partition coefficient (Wildman–Crippen LogP) is 3.78. The number of hydrogen-bond acceptors (Lipinski definition) is 3. The molecule has 1 rings (SSSR count). The standard InChI is InChI=1S/C11H16F6O3/c12-10(13,14)5-3-1-2-4-8-6-18-9(20-8)19-7-11(15,16)17/h8-9H,1-7H2. The first-order chi connectivity index (χ1) is 9.16. The van der Waals surface area contributed by atoms with Crippen molar-refractivity contribution >= 4 is 0 Å². The lowest BCUT2D eigenvalue weighted by molar-refractivity contribution is -0.282. The lowest BCUT2D eigenvalue weighted by Crippen LogP contribution is -2.24. The van der Waals surface area contributed by atoms with Crippen LogP contribution >= 0.6 is 0 Å². The van der Waals surface area contributed by atoms with Crippen molar-refractivity contribution in [2.45, 2.75) is 57.0 Å². The maximum Gasteiger partial charge on any atom is 0.411 e. The Bertz CT molecular complexity index is 278. The van der Waals surface area contributed by atoms with Gasteiger partial charge in [-0.25, -0.2) is 0 Å². The molecule has 0 amide bonds. The Kier molecular flexibility index (Phi) is 6.53. The van der Waals surface area contributed by atoms with Crippen LogP contribution in [0.1, 0.15) is 32.1 Å². The summed E-state index contributed by atoms with van der Waals surface area (Å²) < 4.78 is 85.4. The molecule has 1 saturated heterocycles. The van der Waals surface area contributed by atoms with Crippen molar-refractivity contribution in [1.82, 2.24) is 0 Å². The third kappa shape index (κ3) is 8.60. The fourth-order valence-electron chi connectivity index (χ4n) is 1.70. The molecule has 9 heteroatoms. The fourth-order valence-corrected chi connectivity index (χ4v) is 1.70. The first-order valence-electron chi connectivity index (χ1n) is 6.18. The maximum absolute atomic E-state index is 11.9. The maximum atomic E-state index is 11.9. The SMILES string of the molecule is FC(F)(F)CCCCCC1COC(OCC(F)(F)F)O1. The highest BCUT2D eigenvalue weighted by atomic mass is 19.4. The van der Waals surface area contributed by atoms with Gasteiger partial charge in [-0.2, -0.15) is 26.3 Å². The highest BCUT2D eigenvalue weighted by Gasteiger charge is 2.33. The monoisotopic (exact) mass is 310 g/mol. The van der Waals surface area contributed by atoms with Crippen LogP contribution in [0.4, 0.5) is 26.3 Å². The van der Waals surface area contributed by atoms with Crippen molar-refractivity contribution < 1.29 is 40.6 Å². The van der Waals surface area contributed by atoms with Crippen molar-refractivity contribution in [3.8, 4) is 0 Å². The predicted molar refractivity (Wildman–Crippen MR) is 55.8 cm³/mol. The van der Waals surface area contributed by atoms with Gasteiger partial charge in [0.25, 0.3) is 6.48 Å². The second-order valence-corrected chi connectivity index (χ2v) is 4.52. The average Bonchev–Trinajstić information content (AvgIpc) is 2.71. The summed E-state index contributed by atoms with van der Waals surface area (Å²) in [6.07, 6.45) is -8.52. The second kappa shape index (κ2) is 7.46. The third-order valence-corrected chi connectivity index (χ3v) is 2.59. The smallest absolute Gasteiger partial charge is 0.327 e. The van der Waals surface area contributed by atoms with Crippen LogP contribution in [-0.4, -0.2) is 38.1 Å². The van der Waals surface area contributed by atoms with Crippen LogP contribution in [0.3, 0.4) is 0 Å². The first kappa shape index (κ1) is 17.5. The van der Waals surface area contributed by atoms with Crippen LogP contribution in [0.2, 0.25) is 0 Å². The van der Waals surface area contributed by atoms with E-state index >= 15 is 0 Å². The van der Waals surface area contributed by atoms with Crippen LogP contribution in [-0.2, 0) is 14.2 Å². The van der Waals surface area contributed by atoms with Gasteiger partial charge in [0.2, 0.25) is 0 Å². The number of ether oxygens (including phenoxy) is 3. The second-order valence-electron chi connectivity index (χ2n) is 4.52. The Morgan fingerprint density at radius 2 is 1.65 bits per heavy atom. The summed E-state index contributed by atoms with van der Waals surface area (Å²) in [6.45, 7) is -2.73. The van der Waals surface area contributed by atoms with Crippen molar-refractivity contribution in [3.63, 3.8) is 0 Å². The Hall–Kier alpha value is -0.540. The molecule has 0 aromatic heterocycles. The minimum atomic E-state index is -4.46. The van der Waals surface area contributed by atoms with E-state index in [2.05, 4.69) is 4.74 Å². The molecule has 0 spiro atoms. The molecular formula is C11H16F6O3. The van der Waals surface area contributed by atoms with Gasteiger partial charge in [-0.15, -0.1) is 0 Å². The Balaban J connectivity index is 2.04. The topological polar surface area (TPSA) is 27.7 Å². The minimum absolute atomic E-state index is 0.0328. The molecule has 0 N–H and O–H groups in total. The zero-order chi connectivity index (χ0) is 15.2. The van der Waals surface area contributed by atoms with E-state index in [-0.39, 0.29) is 13.0 Å². The zero-order valence-corrected chi connectivity index (χ0v) is 10.6. The summed E-state index contributed by atoms with van der Waals surface area (Å²) in [5, 5.41) is 0.